The highest BCUT2D eigenvalue weighted by molar-refractivity contribution is 6.28. The van der Waals surface area contributed by atoms with Gasteiger partial charge < -0.3 is 4.90 Å². The number of aromatic nitrogens is 3. The lowest BCUT2D eigenvalue weighted by molar-refractivity contribution is 0.110. The first-order valence-electron chi connectivity index (χ1n) is 12.3. The Morgan fingerprint density at radius 2 is 1.47 bits per heavy atom. The summed E-state index contributed by atoms with van der Waals surface area (Å²) in [7, 11) is 0. The third-order valence-electron chi connectivity index (χ3n) is 7.07. The predicted octanol–water partition coefficient (Wildman–Crippen LogP) is 6.43. The van der Waals surface area contributed by atoms with Crippen molar-refractivity contribution in [3.05, 3.63) is 94.9 Å². The van der Waals surface area contributed by atoms with E-state index in [1.165, 1.54) is 24.3 Å². The minimum absolute atomic E-state index is 0.132. The molecule has 0 bridgehead atoms. The van der Waals surface area contributed by atoms with Crippen molar-refractivity contribution >= 4 is 28.5 Å². The molecule has 5 nitrogen and oxygen atoms in total. The Balaban J connectivity index is 1.57. The van der Waals surface area contributed by atoms with Crippen molar-refractivity contribution in [3.63, 3.8) is 0 Å². The van der Waals surface area contributed by atoms with E-state index in [0.29, 0.717) is 12.1 Å². The molecule has 0 N–H and O–H groups in total. The number of pyridine rings is 1. The summed E-state index contributed by atoms with van der Waals surface area (Å²) in [5, 5.41) is 0.200. The molecular weight excluding hydrogens is 480 g/mol. The maximum atomic E-state index is 13.8. The first-order valence-corrected chi connectivity index (χ1v) is 12.7. The molecule has 2 atom stereocenters. The standard InChI is InChI=1S/C28H28ClF2N5/c1-3-22-17-36(27-25-24(6-5-15-32-25)33-28(29)34-27)23(4-2)16-35(22)26(18-7-11-20(30)12-8-18)19-9-13-21(31)14-10-19/h5-15,22-23,26H,3-4,16-17H2,1-2H3/t22-,23+/m1/s1. The Labute approximate surface area is 214 Å². The third-order valence-corrected chi connectivity index (χ3v) is 7.23. The molecule has 0 saturated carbocycles. The topological polar surface area (TPSA) is 45.2 Å². The van der Waals surface area contributed by atoms with E-state index in [1.54, 1.807) is 6.20 Å². The fraction of sp³-hybridized carbons (Fsp3) is 0.321. The van der Waals surface area contributed by atoms with Crippen molar-refractivity contribution in [1.82, 2.24) is 19.9 Å². The first kappa shape index (κ1) is 24.5. The minimum atomic E-state index is -0.278. The summed E-state index contributed by atoms with van der Waals surface area (Å²) >= 11 is 6.32. The second kappa shape index (κ2) is 10.4. The van der Waals surface area contributed by atoms with Crippen molar-refractivity contribution in [2.45, 2.75) is 44.8 Å². The summed E-state index contributed by atoms with van der Waals surface area (Å²) in [5.41, 5.74) is 3.40. The fourth-order valence-electron chi connectivity index (χ4n) is 5.25. The highest BCUT2D eigenvalue weighted by Crippen LogP contribution is 2.37. The second-order valence-electron chi connectivity index (χ2n) is 9.17. The predicted molar refractivity (Wildman–Crippen MR) is 139 cm³/mol. The van der Waals surface area contributed by atoms with Crippen LogP contribution >= 0.6 is 11.6 Å². The molecule has 4 aromatic rings. The molecule has 186 valence electrons. The smallest absolute Gasteiger partial charge is 0.225 e. The molecule has 5 rings (SSSR count). The van der Waals surface area contributed by atoms with Gasteiger partial charge in [0.25, 0.3) is 0 Å². The molecule has 0 aliphatic carbocycles. The summed E-state index contributed by atoms with van der Waals surface area (Å²) in [5.74, 6) is 0.190. The van der Waals surface area contributed by atoms with Crippen LogP contribution in [0.1, 0.15) is 43.9 Å². The molecule has 0 spiro atoms. The Morgan fingerprint density at radius 3 is 2.06 bits per heavy atom. The van der Waals surface area contributed by atoms with E-state index in [-0.39, 0.29) is 35.0 Å². The normalized spacial score (nSPS) is 18.8. The molecule has 1 aliphatic heterocycles. The van der Waals surface area contributed by atoms with Crippen LogP contribution in [-0.2, 0) is 0 Å². The number of piperazine rings is 1. The summed E-state index contributed by atoms with van der Waals surface area (Å²) in [6.07, 6.45) is 3.51. The van der Waals surface area contributed by atoms with Gasteiger partial charge in [-0.3, -0.25) is 9.88 Å². The molecule has 0 amide bonds. The maximum absolute atomic E-state index is 13.8. The summed E-state index contributed by atoms with van der Waals surface area (Å²) in [4.78, 5) is 18.3. The highest BCUT2D eigenvalue weighted by atomic mass is 35.5. The van der Waals surface area contributed by atoms with Gasteiger partial charge in [-0.25, -0.2) is 13.8 Å². The molecule has 1 aliphatic rings. The van der Waals surface area contributed by atoms with Crippen LogP contribution in [0.4, 0.5) is 14.6 Å². The molecule has 2 aromatic heterocycles. The number of anilines is 1. The van der Waals surface area contributed by atoms with Crippen LogP contribution in [0.25, 0.3) is 11.0 Å². The zero-order valence-corrected chi connectivity index (χ0v) is 21.0. The van der Waals surface area contributed by atoms with Crippen LogP contribution in [0.15, 0.2) is 66.9 Å². The largest absolute Gasteiger partial charge is 0.349 e. The first-order chi connectivity index (χ1) is 17.5. The molecule has 3 heterocycles. The van der Waals surface area contributed by atoms with E-state index >= 15 is 0 Å². The SMILES string of the molecule is CC[C@H]1CN(C(c2ccc(F)cc2)c2ccc(F)cc2)[C@H](CC)CN1c1nc(Cl)nc2cccnc12. The zero-order valence-electron chi connectivity index (χ0n) is 20.3. The third kappa shape index (κ3) is 4.77. The summed E-state index contributed by atoms with van der Waals surface area (Å²) in [6.45, 7) is 5.78. The second-order valence-corrected chi connectivity index (χ2v) is 9.50. The highest BCUT2D eigenvalue weighted by Gasteiger charge is 2.38. The van der Waals surface area contributed by atoms with E-state index in [2.05, 4.69) is 38.6 Å². The van der Waals surface area contributed by atoms with Gasteiger partial charge >= 0.3 is 0 Å². The number of hydrogen-bond acceptors (Lipinski definition) is 5. The van der Waals surface area contributed by atoms with E-state index in [9.17, 15) is 8.78 Å². The van der Waals surface area contributed by atoms with Crippen LogP contribution in [0.5, 0.6) is 0 Å². The zero-order chi connectivity index (χ0) is 25.2. The maximum Gasteiger partial charge on any atom is 0.225 e. The van der Waals surface area contributed by atoms with E-state index < -0.39 is 0 Å². The minimum Gasteiger partial charge on any atom is -0.349 e. The number of fused-ring (bicyclic) bond motifs is 1. The lowest BCUT2D eigenvalue weighted by Gasteiger charge is -2.50. The van der Waals surface area contributed by atoms with Crippen molar-refractivity contribution in [1.29, 1.82) is 0 Å². The van der Waals surface area contributed by atoms with Gasteiger partial charge in [-0.2, -0.15) is 4.98 Å². The fourth-order valence-corrected chi connectivity index (χ4v) is 5.42. The van der Waals surface area contributed by atoms with E-state index in [1.807, 2.05) is 36.4 Å². The number of hydrogen-bond donors (Lipinski definition) is 0. The lowest BCUT2D eigenvalue weighted by Crippen LogP contribution is -2.59. The van der Waals surface area contributed by atoms with Crippen LogP contribution in [0.3, 0.4) is 0 Å². The van der Waals surface area contributed by atoms with Crippen molar-refractivity contribution in [2.24, 2.45) is 0 Å². The Bertz CT molecular complexity index is 1290. The van der Waals surface area contributed by atoms with Gasteiger partial charge in [-0.05, 0) is 72.0 Å². The lowest BCUT2D eigenvalue weighted by atomic mass is 9.91. The van der Waals surface area contributed by atoms with Crippen LogP contribution in [0, 0.1) is 11.6 Å². The van der Waals surface area contributed by atoms with Gasteiger partial charge in [0.05, 0.1) is 11.6 Å². The molecule has 8 heteroatoms. The molecule has 36 heavy (non-hydrogen) atoms. The van der Waals surface area contributed by atoms with E-state index in [4.69, 9.17) is 11.6 Å². The monoisotopic (exact) mass is 507 g/mol. The number of halogens is 3. The molecule has 0 unspecified atom stereocenters. The van der Waals surface area contributed by atoms with Gasteiger partial charge in [0, 0.05) is 31.4 Å². The van der Waals surface area contributed by atoms with Crippen molar-refractivity contribution in [3.8, 4) is 0 Å². The summed E-state index contributed by atoms with van der Waals surface area (Å²) in [6, 6.07) is 17.1. The Hall–Kier alpha value is -3.16. The van der Waals surface area contributed by atoms with Gasteiger partial charge in [0.2, 0.25) is 5.28 Å². The number of benzene rings is 2. The van der Waals surface area contributed by atoms with E-state index in [0.717, 1.165) is 41.8 Å². The average molecular weight is 508 g/mol. The van der Waals surface area contributed by atoms with Gasteiger partial charge in [0.1, 0.15) is 17.2 Å². The Kier molecular flexibility index (Phi) is 7.12. The quantitative estimate of drug-likeness (QED) is 0.282. The van der Waals surface area contributed by atoms with Crippen molar-refractivity contribution < 1.29 is 8.78 Å². The molecule has 2 aromatic carbocycles. The van der Waals surface area contributed by atoms with Crippen molar-refractivity contribution in [2.75, 3.05) is 18.0 Å². The van der Waals surface area contributed by atoms with Gasteiger partial charge in [0.15, 0.2) is 5.82 Å². The van der Waals surface area contributed by atoms with Crippen LogP contribution < -0.4 is 4.90 Å². The summed E-state index contributed by atoms with van der Waals surface area (Å²) < 4.78 is 27.6. The molecule has 1 saturated heterocycles. The van der Waals surface area contributed by atoms with Crippen LogP contribution in [-0.4, -0.2) is 45.0 Å². The average Bonchev–Trinajstić information content (AvgIpc) is 2.90. The van der Waals surface area contributed by atoms with Gasteiger partial charge in [-0.15, -0.1) is 0 Å². The van der Waals surface area contributed by atoms with Crippen LogP contribution in [0.2, 0.25) is 5.28 Å². The Morgan fingerprint density at radius 1 is 0.861 bits per heavy atom. The number of rotatable bonds is 6. The van der Waals surface area contributed by atoms with Gasteiger partial charge in [-0.1, -0.05) is 38.1 Å². The molecular formula is C28H28ClF2N5. The molecule has 1 fully saturated rings. The molecule has 0 radical (unpaired) electrons. The number of nitrogens with zero attached hydrogens (tertiary/aromatic N) is 5.